The van der Waals surface area contributed by atoms with Crippen LogP contribution in [0.5, 0.6) is 0 Å². The van der Waals surface area contributed by atoms with Crippen LogP contribution in [0.25, 0.3) is 93.3 Å². The summed E-state index contributed by atoms with van der Waals surface area (Å²) in [5.74, 6) is 0. The zero-order chi connectivity index (χ0) is 32.3. The lowest BCUT2D eigenvalue weighted by atomic mass is 9.92. The molecule has 0 atom stereocenters. The molecule has 0 saturated heterocycles. The van der Waals surface area contributed by atoms with E-state index in [-0.39, 0.29) is 0 Å². The normalized spacial score (nSPS) is 11.7. The molecule has 2 heterocycles. The van der Waals surface area contributed by atoms with Crippen molar-refractivity contribution in [2.45, 2.75) is 0 Å². The van der Waals surface area contributed by atoms with E-state index in [2.05, 4.69) is 179 Å². The molecule has 10 rings (SSSR count). The van der Waals surface area contributed by atoms with E-state index in [1.807, 2.05) is 12.3 Å². The first kappa shape index (κ1) is 27.6. The Kier molecular flexibility index (Phi) is 6.22. The first-order valence-corrected chi connectivity index (χ1v) is 16.8. The Hall–Kier alpha value is -6.51. The molecule has 2 nitrogen and oxygen atoms in total. The van der Waals surface area contributed by atoms with Crippen LogP contribution in [0, 0.1) is 0 Å². The summed E-state index contributed by atoms with van der Waals surface area (Å²) in [6.07, 6.45) is 1.86. The summed E-state index contributed by atoms with van der Waals surface area (Å²) in [6.45, 7) is 0. The number of para-hydroxylation sites is 1. The number of hydrogen-bond donors (Lipinski definition) is 0. The third kappa shape index (κ3) is 4.38. The molecule has 0 aliphatic rings. The van der Waals surface area contributed by atoms with Crippen LogP contribution in [0.2, 0.25) is 0 Å². The van der Waals surface area contributed by atoms with E-state index in [9.17, 15) is 0 Å². The maximum absolute atomic E-state index is 4.68. The van der Waals surface area contributed by atoms with Crippen molar-refractivity contribution in [2.75, 3.05) is 0 Å². The molecule has 2 aromatic heterocycles. The molecule has 8 aromatic carbocycles. The maximum atomic E-state index is 4.68. The second kappa shape index (κ2) is 11.0. The molecule has 2 heteroatoms. The van der Waals surface area contributed by atoms with Gasteiger partial charge in [-0.15, -0.1) is 0 Å². The van der Waals surface area contributed by atoms with Gasteiger partial charge in [0, 0.05) is 28.1 Å². The summed E-state index contributed by atoms with van der Waals surface area (Å²) < 4.78 is 2.44. The van der Waals surface area contributed by atoms with Gasteiger partial charge in [-0.2, -0.15) is 0 Å². The zero-order valence-electron chi connectivity index (χ0n) is 26.7. The highest BCUT2D eigenvalue weighted by molar-refractivity contribution is 6.25. The Morgan fingerprint density at radius 2 is 0.857 bits per heavy atom. The fourth-order valence-corrected chi connectivity index (χ4v) is 7.77. The van der Waals surface area contributed by atoms with Gasteiger partial charge in [0.2, 0.25) is 0 Å². The predicted molar refractivity (Wildman–Crippen MR) is 207 cm³/mol. The fourth-order valence-electron chi connectivity index (χ4n) is 7.77. The van der Waals surface area contributed by atoms with Crippen LogP contribution >= 0.6 is 0 Å². The van der Waals surface area contributed by atoms with Gasteiger partial charge in [0.25, 0.3) is 0 Å². The molecular formula is C47H30N2. The Bertz CT molecular complexity index is 2730. The van der Waals surface area contributed by atoms with Gasteiger partial charge in [-0.1, -0.05) is 127 Å². The molecular weight excluding hydrogens is 593 g/mol. The van der Waals surface area contributed by atoms with Crippen LogP contribution in [0.15, 0.2) is 182 Å². The molecule has 0 N–H and O–H groups in total. The molecule has 0 amide bonds. The van der Waals surface area contributed by atoms with Crippen molar-refractivity contribution in [1.82, 2.24) is 9.55 Å². The van der Waals surface area contributed by atoms with E-state index < -0.39 is 0 Å². The van der Waals surface area contributed by atoms with Gasteiger partial charge in [0.1, 0.15) is 0 Å². The van der Waals surface area contributed by atoms with E-state index in [0.29, 0.717) is 0 Å². The average Bonchev–Trinajstić information content (AvgIpc) is 3.51. The third-order valence-electron chi connectivity index (χ3n) is 10.0. The minimum absolute atomic E-state index is 0.973. The smallest absolute Gasteiger partial charge is 0.0702 e. The minimum Gasteiger partial charge on any atom is -0.309 e. The van der Waals surface area contributed by atoms with Crippen LogP contribution < -0.4 is 0 Å². The van der Waals surface area contributed by atoms with E-state index in [1.165, 1.54) is 76.4 Å². The monoisotopic (exact) mass is 622 g/mol. The summed E-state index contributed by atoms with van der Waals surface area (Å²) in [4.78, 5) is 4.68. The number of pyridine rings is 1. The highest BCUT2D eigenvalue weighted by atomic mass is 15.0. The molecule has 0 aliphatic carbocycles. The molecule has 0 spiro atoms. The molecule has 0 bridgehead atoms. The van der Waals surface area contributed by atoms with Gasteiger partial charge in [0.05, 0.1) is 22.4 Å². The van der Waals surface area contributed by atoms with Gasteiger partial charge in [-0.3, -0.25) is 4.98 Å². The van der Waals surface area contributed by atoms with Crippen molar-refractivity contribution in [3.8, 4) is 39.2 Å². The molecule has 0 saturated carbocycles. The van der Waals surface area contributed by atoms with Gasteiger partial charge >= 0.3 is 0 Å². The number of benzene rings is 8. The topological polar surface area (TPSA) is 17.8 Å². The third-order valence-corrected chi connectivity index (χ3v) is 10.0. The lowest BCUT2D eigenvalue weighted by Gasteiger charge is -2.16. The van der Waals surface area contributed by atoms with Gasteiger partial charge in [-0.25, -0.2) is 0 Å². The lowest BCUT2D eigenvalue weighted by molar-refractivity contribution is 1.18. The fraction of sp³-hybridized carbons (Fsp3) is 0. The van der Waals surface area contributed by atoms with Crippen molar-refractivity contribution in [2.24, 2.45) is 0 Å². The maximum Gasteiger partial charge on any atom is 0.0702 e. The minimum atomic E-state index is 0.973. The summed E-state index contributed by atoms with van der Waals surface area (Å²) in [5.41, 5.74) is 10.4. The highest BCUT2D eigenvalue weighted by Gasteiger charge is 2.18. The van der Waals surface area contributed by atoms with Crippen molar-refractivity contribution < 1.29 is 0 Å². The summed E-state index contributed by atoms with van der Waals surface area (Å²) in [6, 6.07) is 63.8. The predicted octanol–water partition coefficient (Wildman–Crippen LogP) is 12.6. The van der Waals surface area contributed by atoms with E-state index >= 15 is 0 Å². The van der Waals surface area contributed by atoms with Crippen LogP contribution in [0.4, 0.5) is 0 Å². The van der Waals surface area contributed by atoms with Crippen LogP contribution in [-0.4, -0.2) is 9.55 Å². The summed E-state index contributed by atoms with van der Waals surface area (Å²) >= 11 is 0. The number of fused-ring (bicyclic) bond motifs is 9. The van der Waals surface area contributed by atoms with E-state index in [4.69, 9.17) is 0 Å². The average molecular weight is 623 g/mol. The summed E-state index contributed by atoms with van der Waals surface area (Å²) in [5, 5.41) is 10.1. The Morgan fingerprint density at radius 3 is 1.55 bits per heavy atom. The van der Waals surface area contributed by atoms with Crippen molar-refractivity contribution in [1.29, 1.82) is 0 Å². The summed E-state index contributed by atoms with van der Waals surface area (Å²) in [7, 11) is 0. The molecule has 0 unspecified atom stereocenters. The first-order valence-electron chi connectivity index (χ1n) is 16.8. The van der Waals surface area contributed by atoms with Gasteiger partial charge in [0.15, 0.2) is 0 Å². The van der Waals surface area contributed by atoms with E-state index in [0.717, 1.165) is 16.9 Å². The van der Waals surface area contributed by atoms with Gasteiger partial charge < -0.3 is 4.57 Å². The molecule has 49 heavy (non-hydrogen) atoms. The van der Waals surface area contributed by atoms with Crippen molar-refractivity contribution in [3.63, 3.8) is 0 Å². The lowest BCUT2D eigenvalue weighted by Crippen LogP contribution is -1.97. The first-order chi connectivity index (χ1) is 24.3. The SMILES string of the molecule is c1ccc(-c2ccc3c(c2)c2cc(-c4ccccn4)ccc2n3-c2ccccc2-c2ccc3c4ccccc4c4ccccc4c3c2)cc1. The second-order valence-corrected chi connectivity index (χ2v) is 12.7. The van der Waals surface area contributed by atoms with Crippen LogP contribution in [0.3, 0.4) is 0 Å². The van der Waals surface area contributed by atoms with Crippen molar-refractivity contribution >= 4 is 54.1 Å². The number of nitrogens with zero attached hydrogens (tertiary/aromatic N) is 2. The highest BCUT2D eigenvalue weighted by Crippen LogP contribution is 2.41. The molecule has 0 radical (unpaired) electrons. The largest absolute Gasteiger partial charge is 0.309 e. The van der Waals surface area contributed by atoms with Crippen molar-refractivity contribution in [3.05, 3.63) is 182 Å². The molecule has 0 aliphatic heterocycles. The molecule has 228 valence electrons. The second-order valence-electron chi connectivity index (χ2n) is 12.7. The molecule has 0 fully saturated rings. The van der Waals surface area contributed by atoms with Gasteiger partial charge in [-0.05, 0) is 97.5 Å². The van der Waals surface area contributed by atoms with Crippen LogP contribution in [0.1, 0.15) is 0 Å². The standard InChI is InChI=1S/C47H30N2/c1-2-12-31(13-3-1)32-22-25-46-42(28-32)43-30-34(44-19-10-11-27-48-44)23-26-47(43)49(46)45-20-9-8-14-35(45)33-21-24-40-38-17-5-4-15-36(38)37-16-6-7-18-39(37)41(40)29-33/h1-30H. The van der Waals surface area contributed by atoms with E-state index in [1.54, 1.807) is 0 Å². The number of aromatic nitrogens is 2. The number of rotatable bonds is 4. The Labute approximate surface area is 284 Å². The van der Waals surface area contributed by atoms with Crippen LogP contribution in [-0.2, 0) is 0 Å². The Morgan fingerprint density at radius 1 is 0.327 bits per heavy atom. The quantitative estimate of drug-likeness (QED) is 0.179. The zero-order valence-corrected chi connectivity index (χ0v) is 26.7. The molecule has 10 aromatic rings. The Balaban J connectivity index is 1.24. The number of hydrogen-bond acceptors (Lipinski definition) is 1.